The number of hydrogen-bond acceptors (Lipinski definition) is 4. The van der Waals surface area contributed by atoms with Gasteiger partial charge >= 0.3 is 0 Å². The van der Waals surface area contributed by atoms with Crippen LogP contribution >= 0.6 is 15.9 Å². The van der Waals surface area contributed by atoms with Crippen molar-refractivity contribution in [1.82, 2.24) is 9.88 Å². The Hall–Kier alpha value is -4.03. The maximum Gasteiger partial charge on any atom is 0.132 e. The van der Waals surface area contributed by atoms with E-state index in [9.17, 15) is 5.11 Å². The van der Waals surface area contributed by atoms with Gasteiger partial charge in [0.15, 0.2) is 0 Å². The Morgan fingerprint density at radius 1 is 0.771 bits per heavy atom. The monoisotopic (exact) mass is 697 g/mol. The number of pyridine rings is 1. The molecule has 5 heteroatoms. The maximum absolute atomic E-state index is 13.1. The maximum atomic E-state index is 13.1. The first-order chi connectivity index (χ1) is 23.4. The number of benzene rings is 5. The molecule has 1 N–H and O–H groups in total. The van der Waals surface area contributed by atoms with E-state index in [4.69, 9.17) is 4.98 Å². The molecule has 0 bridgehead atoms. The largest absolute Gasteiger partial charge is 0.380 e. The highest BCUT2D eigenvalue weighted by molar-refractivity contribution is 9.10. The van der Waals surface area contributed by atoms with E-state index >= 15 is 0 Å². The molecule has 1 fully saturated rings. The number of aliphatic hydroxyl groups is 1. The van der Waals surface area contributed by atoms with Crippen LogP contribution in [0, 0.1) is 5.92 Å². The summed E-state index contributed by atoms with van der Waals surface area (Å²) < 4.78 is 0.940. The van der Waals surface area contributed by atoms with Gasteiger partial charge in [-0.2, -0.15) is 0 Å². The minimum atomic E-state index is -1.26. The van der Waals surface area contributed by atoms with E-state index in [1.54, 1.807) is 0 Å². The van der Waals surface area contributed by atoms with Gasteiger partial charge < -0.3 is 14.9 Å². The van der Waals surface area contributed by atoms with Crippen molar-refractivity contribution >= 4 is 43.4 Å². The summed E-state index contributed by atoms with van der Waals surface area (Å²) in [4.78, 5) is 10.2. The quantitative estimate of drug-likeness (QED) is 0.155. The molecule has 7 rings (SSSR count). The second-order valence-electron chi connectivity index (χ2n) is 13.7. The van der Waals surface area contributed by atoms with Crippen LogP contribution in [0.2, 0.25) is 0 Å². The van der Waals surface area contributed by atoms with Gasteiger partial charge in [0.05, 0.1) is 5.52 Å². The Kier molecular flexibility index (Phi) is 9.63. The predicted molar refractivity (Wildman–Crippen MR) is 204 cm³/mol. The zero-order valence-electron chi connectivity index (χ0n) is 27.9. The third-order valence-corrected chi connectivity index (χ3v) is 10.5. The van der Waals surface area contributed by atoms with Gasteiger partial charge in [-0.3, -0.25) is 0 Å². The highest BCUT2D eigenvalue weighted by Gasteiger charge is 2.36. The average molecular weight is 699 g/mol. The fourth-order valence-corrected chi connectivity index (χ4v) is 7.98. The minimum Gasteiger partial charge on any atom is -0.380 e. The molecule has 244 valence electrons. The summed E-state index contributed by atoms with van der Waals surface area (Å²) in [5.74, 6) is 1.71. The van der Waals surface area contributed by atoms with E-state index in [0.717, 1.165) is 88.4 Å². The van der Waals surface area contributed by atoms with Crippen molar-refractivity contribution in [3.63, 3.8) is 0 Å². The highest BCUT2D eigenvalue weighted by Crippen LogP contribution is 2.43. The second kappa shape index (κ2) is 14.2. The number of aromatic nitrogens is 1. The molecule has 1 aliphatic heterocycles. The fourth-order valence-electron chi connectivity index (χ4n) is 7.50. The fraction of sp³-hybridized carbons (Fsp3) is 0.279. The number of piperidine rings is 1. The predicted octanol–water partition coefficient (Wildman–Crippen LogP) is 9.39. The molecule has 2 heterocycles. The molecule has 5 aromatic carbocycles. The molecular formula is C43H44BrN3O. The summed E-state index contributed by atoms with van der Waals surface area (Å²) in [6.45, 7) is 2.66. The van der Waals surface area contributed by atoms with Crippen molar-refractivity contribution in [3.05, 3.63) is 154 Å². The molecule has 0 amide bonds. The van der Waals surface area contributed by atoms with Crippen molar-refractivity contribution in [3.8, 4) is 0 Å². The average Bonchev–Trinajstić information content (AvgIpc) is 3.11. The molecule has 1 unspecified atom stereocenters. The van der Waals surface area contributed by atoms with Crippen LogP contribution in [0.3, 0.4) is 0 Å². The third kappa shape index (κ3) is 6.91. The van der Waals surface area contributed by atoms with Crippen LogP contribution in [-0.4, -0.2) is 48.7 Å². The highest BCUT2D eigenvalue weighted by atomic mass is 79.9. The molecule has 0 radical (unpaired) electrons. The van der Waals surface area contributed by atoms with Crippen molar-refractivity contribution in [2.24, 2.45) is 5.92 Å². The third-order valence-electron chi connectivity index (χ3n) is 10.1. The van der Waals surface area contributed by atoms with Crippen LogP contribution in [0.5, 0.6) is 0 Å². The summed E-state index contributed by atoms with van der Waals surface area (Å²) in [5, 5.41) is 16.3. The molecule has 1 aliphatic rings. The number of fused-ring (bicyclic) bond motifs is 2. The molecule has 1 saturated heterocycles. The Morgan fingerprint density at radius 2 is 1.44 bits per heavy atom. The lowest BCUT2D eigenvalue weighted by Gasteiger charge is -2.35. The Balaban J connectivity index is 1.35. The van der Waals surface area contributed by atoms with Gasteiger partial charge in [0.1, 0.15) is 11.4 Å². The summed E-state index contributed by atoms with van der Waals surface area (Å²) >= 11 is 3.84. The molecule has 6 aromatic rings. The van der Waals surface area contributed by atoms with Gasteiger partial charge in [-0.25, -0.2) is 4.98 Å². The van der Waals surface area contributed by atoms with Gasteiger partial charge in [0.2, 0.25) is 0 Å². The minimum absolute atomic E-state index is 0.535. The van der Waals surface area contributed by atoms with Gasteiger partial charge in [0.25, 0.3) is 0 Å². The SMILES string of the molecule is CN(C)CCC(O)(c1cccc2ccccc12)c1cc(Br)cc2cc(Cc3ccccc3)c(N3CCC(Cc4ccccc4)CC3)nc12. The normalized spacial score (nSPS) is 15.3. The van der Waals surface area contributed by atoms with E-state index in [-0.39, 0.29) is 0 Å². The molecule has 0 aliphatic carbocycles. The second-order valence-corrected chi connectivity index (χ2v) is 14.6. The van der Waals surface area contributed by atoms with Crippen LogP contribution < -0.4 is 4.90 Å². The van der Waals surface area contributed by atoms with Gasteiger partial charge in [-0.1, -0.05) is 119 Å². The molecule has 1 atom stereocenters. The van der Waals surface area contributed by atoms with Crippen LogP contribution in [0.15, 0.2) is 126 Å². The molecular weight excluding hydrogens is 654 g/mol. The number of anilines is 1. The Bertz CT molecular complexity index is 2000. The number of nitrogens with zero attached hydrogens (tertiary/aromatic N) is 3. The lowest BCUT2D eigenvalue weighted by atomic mass is 9.80. The van der Waals surface area contributed by atoms with Crippen LogP contribution in [0.25, 0.3) is 21.7 Å². The van der Waals surface area contributed by atoms with E-state index in [1.807, 2.05) is 0 Å². The number of hydrogen-bond donors (Lipinski definition) is 1. The summed E-state index contributed by atoms with van der Waals surface area (Å²) in [5.41, 5.74) is 5.28. The van der Waals surface area contributed by atoms with Crippen molar-refractivity contribution in [2.75, 3.05) is 38.6 Å². The summed E-state index contributed by atoms with van der Waals surface area (Å²) in [6.07, 6.45) is 4.73. The topological polar surface area (TPSA) is 39.6 Å². The van der Waals surface area contributed by atoms with Crippen LogP contribution in [-0.2, 0) is 18.4 Å². The first-order valence-electron chi connectivity index (χ1n) is 17.2. The molecule has 48 heavy (non-hydrogen) atoms. The standard InChI is InChI=1S/C43H44BrN3O/c1-46(2)25-22-43(48,39-19-11-17-34-16-9-10-18-38(34)39)40-30-37(44)29-35-28-36(27-32-14-7-4-8-15-32)42(45-41(35)40)47-23-20-33(21-24-47)26-31-12-5-3-6-13-31/h3-19,28-30,33,48H,20-27H2,1-2H3. The Morgan fingerprint density at radius 3 is 2.17 bits per heavy atom. The first-order valence-corrected chi connectivity index (χ1v) is 18.0. The molecule has 0 saturated carbocycles. The smallest absolute Gasteiger partial charge is 0.132 e. The summed E-state index contributed by atoms with van der Waals surface area (Å²) in [6, 6.07) is 42.8. The van der Waals surface area contributed by atoms with Crippen LogP contribution in [0.1, 0.15) is 47.1 Å². The van der Waals surface area contributed by atoms with Gasteiger partial charge in [-0.15, -0.1) is 0 Å². The van der Waals surface area contributed by atoms with E-state index in [2.05, 4.69) is 161 Å². The van der Waals surface area contributed by atoms with Gasteiger partial charge in [0, 0.05) is 41.5 Å². The lowest BCUT2D eigenvalue weighted by Crippen LogP contribution is -2.36. The first kappa shape index (κ1) is 32.5. The van der Waals surface area contributed by atoms with E-state index in [0.29, 0.717) is 12.3 Å². The molecule has 0 spiro atoms. The Labute approximate surface area is 293 Å². The van der Waals surface area contributed by atoms with Crippen molar-refractivity contribution in [1.29, 1.82) is 0 Å². The van der Waals surface area contributed by atoms with Crippen molar-refractivity contribution < 1.29 is 5.11 Å². The number of halogens is 1. The lowest BCUT2D eigenvalue weighted by molar-refractivity contribution is 0.0656. The van der Waals surface area contributed by atoms with E-state index < -0.39 is 5.60 Å². The van der Waals surface area contributed by atoms with Gasteiger partial charge in [-0.05, 0) is 96.9 Å². The van der Waals surface area contributed by atoms with E-state index in [1.165, 1.54) is 16.7 Å². The number of rotatable bonds is 10. The summed E-state index contributed by atoms with van der Waals surface area (Å²) in [7, 11) is 4.13. The zero-order valence-corrected chi connectivity index (χ0v) is 29.5. The zero-order chi connectivity index (χ0) is 33.1. The molecule has 4 nitrogen and oxygen atoms in total. The molecule has 1 aromatic heterocycles. The van der Waals surface area contributed by atoms with Crippen LogP contribution in [0.4, 0.5) is 5.82 Å². The van der Waals surface area contributed by atoms with Crippen molar-refractivity contribution in [2.45, 2.75) is 37.7 Å².